The van der Waals surface area contributed by atoms with Crippen LogP contribution in [0.3, 0.4) is 0 Å². The van der Waals surface area contributed by atoms with E-state index in [-0.39, 0.29) is 11.8 Å². The summed E-state index contributed by atoms with van der Waals surface area (Å²) in [6.45, 7) is 7.32. The SMILES string of the molecule is CC[C@H](C)[C@H](NC(=O)C(N)C(C)C)C(=O)O. The molecular formula is C11H22N2O3. The van der Waals surface area contributed by atoms with Gasteiger partial charge in [0, 0.05) is 0 Å². The van der Waals surface area contributed by atoms with E-state index < -0.39 is 24.0 Å². The fraction of sp³-hybridized carbons (Fsp3) is 0.818. The molecule has 0 heterocycles. The summed E-state index contributed by atoms with van der Waals surface area (Å²) < 4.78 is 0. The fourth-order valence-corrected chi connectivity index (χ4v) is 1.24. The Morgan fingerprint density at radius 2 is 1.81 bits per heavy atom. The fourth-order valence-electron chi connectivity index (χ4n) is 1.24. The maximum atomic E-state index is 11.6. The highest BCUT2D eigenvalue weighted by molar-refractivity contribution is 5.87. The van der Waals surface area contributed by atoms with Crippen molar-refractivity contribution in [3.05, 3.63) is 0 Å². The molecular weight excluding hydrogens is 208 g/mol. The van der Waals surface area contributed by atoms with Gasteiger partial charge in [-0.25, -0.2) is 4.79 Å². The van der Waals surface area contributed by atoms with Crippen LogP contribution in [0.25, 0.3) is 0 Å². The van der Waals surface area contributed by atoms with Crippen molar-refractivity contribution >= 4 is 11.9 Å². The number of amides is 1. The minimum Gasteiger partial charge on any atom is -0.480 e. The Hall–Kier alpha value is -1.10. The van der Waals surface area contributed by atoms with Crippen LogP contribution in [0.1, 0.15) is 34.1 Å². The van der Waals surface area contributed by atoms with Crippen LogP contribution < -0.4 is 11.1 Å². The molecule has 94 valence electrons. The Morgan fingerprint density at radius 3 is 2.12 bits per heavy atom. The molecule has 1 amide bonds. The molecule has 0 aromatic rings. The predicted octanol–water partition coefficient (Wildman–Crippen LogP) is 0.585. The predicted molar refractivity (Wildman–Crippen MR) is 61.8 cm³/mol. The summed E-state index contributed by atoms with van der Waals surface area (Å²) in [6, 6.07) is -1.52. The molecule has 0 aliphatic carbocycles. The third-order valence-electron chi connectivity index (χ3n) is 2.80. The molecule has 0 fully saturated rings. The first kappa shape index (κ1) is 14.9. The van der Waals surface area contributed by atoms with Gasteiger partial charge in [0.15, 0.2) is 0 Å². The molecule has 0 aliphatic rings. The molecule has 0 aromatic heterocycles. The number of rotatable bonds is 6. The third kappa shape index (κ3) is 4.18. The average molecular weight is 230 g/mol. The number of aliphatic carboxylic acids is 1. The van der Waals surface area contributed by atoms with Crippen molar-refractivity contribution < 1.29 is 14.7 Å². The molecule has 1 unspecified atom stereocenters. The van der Waals surface area contributed by atoms with Crippen LogP contribution in [0.5, 0.6) is 0 Å². The Balaban J connectivity index is 4.52. The van der Waals surface area contributed by atoms with Crippen molar-refractivity contribution in [3.8, 4) is 0 Å². The van der Waals surface area contributed by atoms with Gasteiger partial charge in [-0.2, -0.15) is 0 Å². The van der Waals surface area contributed by atoms with Crippen LogP contribution in [0.15, 0.2) is 0 Å². The molecule has 0 saturated carbocycles. The highest BCUT2D eigenvalue weighted by Gasteiger charge is 2.28. The van der Waals surface area contributed by atoms with Crippen LogP contribution in [-0.4, -0.2) is 29.1 Å². The summed E-state index contributed by atoms with van der Waals surface area (Å²) >= 11 is 0. The number of hydrogen-bond acceptors (Lipinski definition) is 3. The minimum absolute atomic E-state index is 0.00798. The molecule has 0 spiro atoms. The van der Waals surface area contributed by atoms with Crippen LogP contribution in [0.2, 0.25) is 0 Å². The number of carbonyl (C=O) groups excluding carboxylic acids is 1. The lowest BCUT2D eigenvalue weighted by Crippen LogP contribution is -2.52. The summed E-state index contributed by atoms with van der Waals surface area (Å²) in [5.74, 6) is -1.53. The smallest absolute Gasteiger partial charge is 0.326 e. The van der Waals surface area contributed by atoms with Gasteiger partial charge in [0.1, 0.15) is 6.04 Å². The summed E-state index contributed by atoms with van der Waals surface area (Å²) in [7, 11) is 0. The van der Waals surface area contributed by atoms with E-state index >= 15 is 0 Å². The van der Waals surface area contributed by atoms with Gasteiger partial charge in [0.2, 0.25) is 5.91 Å². The zero-order valence-electron chi connectivity index (χ0n) is 10.4. The Kier molecular flexibility index (Phi) is 6.03. The zero-order chi connectivity index (χ0) is 12.9. The first-order chi connectivity index (χ1) is 7.31. The number of nitrogens with one attached hydrogen (secondary N) is 1. The number of carbonyl (C=O) groups is 2. The van der Waals surface area contributed by atoms with E-state index in [0.29, 0.717) is 6.42 Å². The van der Waals surface area contributed by atoms with E-state index in [9.17, 15) is 9.59 Å². The first-order valence-electron chi connectivity index (χ1n) is 5.60. The second-order valence-corrected chi connectivity index (χ2v) is 4.48. The third-order valence-corrected chi connectivity index (χ3v) is 2.80. The Bertz CT molecular complexity index is 254. The highest BCUT2D eigenvalue weighted by atomic mass is 16.4. The van der Waals surface area contributed by atoms with Gasteiger partial charge in [-0.05, 0) is 11.8 Å². The van der Waals surface area contributed by atoms with Gasteiger partial charge < -0.3 is 16.2 Å². The molecule has 0 aliphatic heterocycles. The molecule has 0 aromatic carbocycles. The van der Waals surface area contributed by atoms with E-state index in [1.165, 1.54) is 0 Å². The minimum atomic E-state index is -1.02. The molecule has 0 bridgehead atoms. The largest absolute Gasteiger partial charge is 0.480 e. The lowest BCUT2D eigenvalue weighted by molar-refractivity contribution is -0.143. The van der Waals surface area contributed by atoms with E-state index in [1.54, 1.807) is 6.92 Å². The molecule has 16 heavy (non-hydrogen) atoms. The standard InChI is InChI=1S/C11H22N2O3/c1-5-7(4)9(11(15)16)13-10(14)8(12)6(2)3/h6-9H,5,12H2,1-4H3,(H,13,14)(H,15,16)/t7-,8?,9-/m0/s1. The molecule has 4 N–H and O–H groups in total. The zero-order valence-corrected chi connectivity index (χ0v) is 10.4. The molecule has 0 radical (unpaired) electrons. The quantitative estimate of drug-likeness (QED) is 0.622. The van der Waals surface area contributed by atoms with Crippen molar-refractivity contribution in [2.75, 3.05) is 0 Å². The number of carboxylic acids is 1. The van der Waals surface area contributed by atoms with Crippen molar-refractivity contribution in [2.45, 2.75) is 46.2 Å². The second-order valence-electron chi connectivity index (χ2n) is 4.48. The monoisotopic (exact) mass is 230 g/mol. The Morgan fingerprint density at radius 1 is 1.31 bits per heavy atom. The van der Waals surface area contributed by atoms with E-state index in [0.717, 1.165) is 0 Å². The molecule has 0 rings (SSSR count). The van der Waals surface area contributed by atoms with Gasteiger partial charge in [-0.15, -0.1) is 0 Å². The molecule has 5 heteroatoms. The van der Waals surface area contributed by atoms with Crippen LogP contribution in [0, 0.1) is 11.8 Å². The number of hydrogen-bond donors (Lipinski definition) is 3. The van der Waals surface area contributed by atoms with E-state index in [4.69, 9.17) is 10.8 Å². The number of carboxylic acid groups (broad SMARTS) is 1. The summed E-state index contributed by atoms with van der Waals surface area (Å²) in [4.78, 5) is 22.6. The van der Waals surface area contributed by atoms with Crippen molar-refractivity contribution in [3.63, 3.8) is 0 Å². The van der Waals surface area contributed by atoms with Gasteiger partial charge >= 0.3 is 5.97 Å². The number of nitrogens with two attached hydrogens (primary N) is 1. The maximum Gasteiger partial charge on any atom is 0.326 e. The normalized spacial score (nSPS) is 16.6. The van der Waals surface area contributed by atoms with Gasteiger partial charge in [-0.3, -0.25) is 4.79 Å². The molecule has 0 saturated heterocycles. The maximum absolute atomic E-state index is 11.6. The van der Waals surface area contributed by atoms with E-state index in [2.05, 4.69) is 5.32 Å². The van der Waals surface area contributed by atoms with Gasteiger partial charge in [0.25, 0.3) is 0 Å². The Labute approximate surface area is 96.4 Å². The van der Waals surface area contributed by atoms with Gasteiger partial charge in [-0.1, -0.05) is 34.1 Å². The highest BCUT2D eigenvalue weighted by Crippen LogP contribution is 2.09. The molecule has 5 nitrogen and oxygen atoms in total. The van der Waals surface area contributed by atoms with Crippen LogP contribution >= 0.6 is 0 Å². The summed E-state index contributed by atoms with van der Waals surface area (Å²) in [5, 5.41) is 11.5. The van der Waals surface area contributed by atoms with Crippen molar-refractivity contribution in [1.29, 1.82) is 0 Å². The summed E-state index contributed by atoms with van der Waals surface area (Å²) in [5.41, 5.74) is 5.65. The van der Waals surface area contributed by atoms with Crippen molar-refractivity contribution in [1.82, 2.24) is 5.32 Å². The van der Waals surface area contributed by atoms with Crippen molar-refractivity contribution in [2.24, 2.45) is 17.6 Å². The summed E-state index contributed by atoms with van der Waals surface area (Å²) in [6.07, 6.45) is 0.689. The molecule has 3 atom stereocenters. The van der Waals surface area contributed by atoms with Crippen LogP contribution in [0.4, 0.5) is 0 Å². The van der Waals surface area contributed by atoms with E-state index in [1.807, 2.05) is 20.8 Å². The topological polar surface area (TPSA) is 92.4 Å². The van der Waals surface area contributed by atoms with Crippen LogP contribution in [-0.2, 0) is 9.59 Å². The lowest BCUT2D eigenvalue weighted by atomic mass is 9.97. The lowest BCUT2D eigenvalue weighted by Gasteiger charge is -2.23. The average Bonchev–Trinajstić information content (AvgIpc) is 2.22. The first-order valence-corrected chi connectivity index (χ1v) is 5.60. The second kappa shape index (κ2) is 6.48. The van der Waals surface area contributed by atoms with Gasteiger partial charge in [0.05, 0.1) is 6.04 Å².